The highest BCUT2D eigenvalue weighted by molar-refractivity contribution is 5.55. The van der Waals surface area contributed by atoms with E-state index < -0.39 is 4.92 Å². The zero-order valence-corrected chi connectivity index (χ0v) is 10.5. The maximum atomic E-state index is 10.6. The van der Waals surface area contributed by atoms with E-state index in [1.807, 2.05) is 6.07 Å². The van der Waals surface area contributed by atoms with Crippen LogP contribution in [0.15, 0.2) is 12.3 Å². The minimum atomic E-state index is -0.577. The quantitative estimate of drug-likeness (QED) is 0.421. The van der Waals surface area contributed by atoms with Gasteiger partial charge in [0.05, 0.1) is 4.92 Å². The van der Waals surface area contributed by atoms with E-state index in [1.165, 1.54) is 6.07 Å². The second-order valence-electron chi connectivity index (χ2n) is 4.02. The number of nitrogens with zero attached hydrogens (tertiary/aromatic N) is 3. The standard InChI is InChI=1S/C12H16N4O3/c13-8-10-7-11(16(18)19)9-15-12(10)14-5-3-1-2-4-6-17/h7,9,17H,1-6H2,(H,14,15). The Kier molecular flexibility index (Phi) is 6.26. The van der Waals surface area contributed by atoms with E-state index in [-0.39, 0.29) is 17.9 Å². The lowest BCUT2D eigenvalue weighted by Gasteiger charge is -2.06. The predicted molar refractivity (Wildman–Crippen MR) is 69.6 cm³/mol. The summed E-state index contributed by atoms with van der Waals surface area (Å²) < 4.78 is 0. The van der Waals surface area contributed by atoms with Crippen molar-refractivity contribution in [3.63, 3.8) is 0 Å². The minimum absolute atomic E-state index is 0.171. The highest BCUT2D eigenvalue weighted by Crippen LogP contribution is 2.18. The van der Waals surface area contributed by atoms with E-state index in [2.05, 4.69) is 10.3 Å². The molecule has 2 N–H and O–H groups in total. The van der Waals surface area contributed by atoms with Crippen LogP contribution in [0.3, 0.4) is 0 Å². The molecule has 19 heavy (non-hydrogen) atoms. The molecular formula is C12H16N4O3. The molecule has 0 fully saturated rings. The van der Waals surface area contributed by atoms with Crippen LogP contribution in [0.2, 0.25) is 0 Å². The first-order chi connectivity index (χ1) is 9.19. The largest absolute Gasteiger partial charge is 0.396 e. The van der Waals surface area contributed by atoms with Gasteiger partial charge in [0.1, 0.15) is 23.6 Å². The second kappa shape index (κ2) is 8.00. The number of pyridine rings is 1. The first kappa shape index (κ1) is 14.9. The Balaban J connectivity index is 2.50. The SMILES string of the molecule is N#Cc1cc([N+](=O)[O-])cnc1NCCCCCCO. The van der Waals surface area contributed by atoms with Gasteiger partial charge in [-0.2, -0.15) is 5.26 Å². The summed E-state index contributed by atoms with van der Waals surface area (Å²) in [7, 11) is 0. The minimum Gasteiger partial charge on any atom is -0.396 e. The number of nitrogens with one attached hydrogen (secondary N) is 1. The van der Waals surface area contributed by atoms with Gasteiger partial charge in [-0.25, -0.2) is 4.98 Å². The third-order valence-corrected chi connectivity index (χ3v) is 2.58. The third kappa shape index (κ3) is 4.89. The van der Waals surface area contributed by atoms with Crippen molar-refractivity contribution in [3.05, 3.63) is 27.9 Å². The van der Waals surface area contributed by atoms with Crippen LogP contribution in [0.1, 0.15) is 31.2 Å². The Bertz CT molecular complexity index is 471. The van der Waals surface area contributed by atoms with Crippen LogP contribution in [0.25, 0.3) is 0 Å². The molecule has 0 radical (unpaired) electrons. The number of aliphatic hydroxyl groups is 1. The molecule has 0 aromatic carbocycles. The maximum Gasteiger partial charge on any atom is 0.289 e. The number of hydrogen-bond acceptors (Lipinski definition) is 6. The number of unbranched alkanes of at least 4 members (excludes halogenated alkanes) is 3. The fraction of sp³-hybridized carbons (Fsp3) is 0.500. The number of hydrogen-bond donors (Lipinski definition) is 2. The van der Waals surface area contributed by atoms with E-state index in [4.69, 9.17) is 10.4 Å². The molecule has 0 aliphatic heterocycles. The van der Waals surface area contributed by atoms with Crippen LogP contribution >= 0.6 is 0 Å². The molecule has 0 amide bonds. The van der Waals surface area contributed by atoms with E-state index in [1.54, 1.807) is 0 Å². The molecule has 7 heteroatoms. The average Bonchev–Trinajstić information content (AvgIpc) is 2.42. The number of rotatable bonds is 8. The predicted octanol–water partition coefficient (Wildman–Crippen LogP) is 1.83. The molecule has 1 aromatic rings. The summed E-state index contributed by atoms with van der Waals surface area (Å²) in [4.78, 5) is 13.9. The highest BCUT2D eigenvalue weighted by Gasteiger charge is 2.11. The van der Waals surface area contributed by atoms with Gasteiger partial charge in [-0.15, -0.1) is 0 Å². The molecular weight excluding hydrogens is 248 g/mol. The summed E-state index contributed by atoms with van der Waals surface area (Å²) in [6.07, 6.45) is 4.75. The Morgan fingerprint density at radius 3 is 2.79 bits per heavy atom. The van der Waals surface area contributed by atoms with Crippen molar-refractivity contribution in [2.75, 3.05) is 18.5 Å². The molecule has 1 heterocycles. The summed E-state index contributed by atoms with van der Waals surface area (Å²) in [6.45, 7) is 0.848. The number of nitro groups is 1. The lowest BCUT2D eigenvalue weighted by Crippen LogP contribution is -2.06. The molecule has 102 valence electrons. The molecule has 0 saturated carbocycles. The van der Waals surface area contributed by atoms with E-state index >= 15 is 0 Å². The summed E-state index contributed by atoms with van der Waals surface area (Å²) >= 11 is 0. The van der Waals surface area contributed by atoms with Gasteiger partial charge in [-0.1, -0.05) is 12.8 Å². The topological polar surface area (TPSA) is 112 Å². The van der Waals surface area contributed by atoms with Gasteiger partial charge < -0.3 is 10.4 Å². The van der Waals surface area contributed by atoms with E-state index in [0.717, 1.165) is 31.9 Å². The van der Waals surface area contributed by atoms with Gasteiger partial charge in [0, 0.05) is 19.2 Å². The lowest BCUT2D eigenvalue weighted by molar-refractivity contribution is -0.385. The van der Waals surface area contributed by atoms with Gasteiger partial charge >= 0.3 is 0 Å². The highest BCUT2D eigenvalue weighted by atomic mass is 16.6. The number of aliphatic hydroxyl groups excluding tert-OH is 1. The normalized spacial score (nSPS) is 9.89. The van der Waals surface area contributed by atoms with Crippen LogP contribution in [-0.2, 0) is 0 Å². The van der Waals surface area contributed by atoms with E-state index in [9.17, 15) is 10.1 Å². The molecule has 1 aromatic heterocycles. The molecule has 0 spiro atoms. The lowest BCUT2D eigenvalue weighted by atomic mass is 10.2. The van der Waals surface area contributed by atoms with Crippen LogP contribution in [-0.4, -0.2) is 28.2 Å². The molecule has 0 aliphatic carbocycles. The van der Waals surface area contributed by atoms with Crippen LogP contribution in [0.4, 0.5) is 11.5 Å². The summed E-state index contributed by atoms with van der Waals surface area (Å²) in [5.41, 5.74) is -0.0189. The zero-order valence-electron chi connectivity index (χ0n) is 10.5. The van der Waals surface area contributed by atoms with Crippen molar-refractivity contribution >= 4 is 11.5 Å². The van der Waals surface area contributed by atoms with Gasteiger partial charge in [0.15, 0.2) is 0 Å². The summed E-state index contributed by atoms with van der Waals surface area (Å²) in [6, 6.07) is 3.10. The van der Waals surface area contributed by atoms with Gasteiger partial charge in [-0.3, -0.25) is 10.1 Å². The Hall–Kier alpha value is -2.20. The first-order valence-corrected chi connectivity index (χ1v) is 6.08. The second-order valence-corrected chi connectivity index (χ2v) is 4.02. The fourth-order valence-corrected chi connectivity index (χ4v) is 1.58. The van der Waals surface area contributed by atoms with Crippen LogP contribution in [0, 0.1) is 21.4 Å². The molecule has 1 rings (SSSR count). The molecule has 0 saturated heterocycles. The zero-order chi connectivity index (χ0) is 14.1. The molecule has 0 bridgehead atoms. The van der Waals surface area contributed by atoms with Crippen molar-refractivity contribution in [2.45, 2.75) is 25.7 Å². The smallest absolute Gasteiger partial charge is 0.289 e. The van der Waals surface area contributed by atoms with Crippen molar-refractivity contribution in [1.82, 2.24) is 4.98 Å². The molecule has 7 nitrogen and oxygen atoms in total. The molecule has 0 aliphatic rings. The summed E-state index contributed by atoms with van der Waals surface area (Å²) in [5, 5.41) is 31.1. The van der Waals surface area contributed by atoms with Gasteiger partial charge in [-0.05, 0) is 12.8 Å². The van der Waals surface area contributed by atoms with Crippen LogP contribution < -0.4 is 5.32 Å². The van der Waals surface area contributed by atoms with Crippen molar-refractivity contribution in [1.29, 1.82) is 5.26 Å². The first-order valence-electron chi connectivity index (χ1n) is 6.08. The third-order valence-electron chi connectivity index (χ3n) is 2.58. The number of anilines is 1. The van der Waals surface area contributed by atoms with Crippen LogP contribution in [0.5, 0.6) is 0 Å². The fourth-order valence-electron chi connectivity index (χ4n) is 1.58. The molecule has 0 atom stereocenters. The van der Waals surface area contributed by atoms with E-state index in [0.29, 0.717) is 12.4 Å². The Morgan fingerprint density at radius 2 is 2.16 bits per heavy atom. The number of aromatic nitrogens is 1. The van der Waals surface area contributed by atoms with Gasteiger partial charge in [0.25, 0.3) is 5.69 Å². The van der Waals surface area contributed by atoms with Crippen molar-refractivity contribution in [2.24, 2.45) is 0 Å². The maximum absolute atomic E-state index is 10.6. The Labute approximate surface area is 111 Å². The number of nitriles is 1. The van der Waals surface area contributed by atoms with Crippen molar-refractivity contribution < 1.29 is 10.0 Å². The Morgan fingerprint density at radius 1 is 1.42 bits per heavy atom. The van der Waals surface area contributed by atoms with Gasteiger partial charge in [0.2, 0.25) is 0 Å². The summed E-state index contributed by atoms with van der Waals surface area (Å²) in [5.74, 6) is 0.371. The monoisotopic (exact) mass is 264 g/mol. The molecule has 0 unspecified atom stereocenters. The van der Waals surface area contributed by atoms with Crippen molar-refractivity contribution in [3.8, 4) is 6.07 Å². The average molecular weight is 264 g/mol.